The minimum Gasteiger partial charge on any atom is -0.372 e. The molecule has 0 saturated carbocycles. The molecule has 11 heteroatoms. The lowest BCUT2D eigenvalue weighted by Crippen LogP contribution is -2.38. The van der Waals surface area contributed by atoms with Crippen molar-refractivity contribution in [3.63, 3.8) is 0 Å². The van der Waals surface area contributed by atoms with Crippen LogP contribution in [0, 0.1) is 0 Å². The molecule has 1 fully saturated rings. The average Bonchev–Trinajstić information content (AvgIpc) is 3.38. The number of nitrogens with zero attached hydrogens (tertiary/aromatic N) is 2. The summed E-state index contributed by atoms with van der Waals surface area (Å²) in [7, 11) is -4.38. The summed E-state index contributed by atoms with van der Waals surface area (Å²) in [6.45, 7) is 1.17. The minimum atomic E-state index is -4.81. The van der Waals surface area contributed by atoms with Crippen LogP contribution in [0.3, 0.4) is 0 Å². The SMILES string of the molecule is O=C(CN(c1ccc(Cl)c(C(F)(F)F)c1)S(=O)(=O)c1ccccc1)Nc1ccc(N2CCCC2)cc1. The van der Waals surface area contributed by atoms with Gasteiger partial charge in [0.1, 0.15) is 6.54 Å². The highest BCUT2D eigenvalue weighted by atomic mass is 35.5. The molecule has 0 atom stereocenters. The Morgan fingerprint density at radius 3 is 2.22 bits per heavy atom. The lowest BCUT2D eigenvalue weighted by Gasteiger charge is -2.25. The summed E-state index contributed by atoms with van der Waals surface area (Å²) in [5.41, 5.74) is -0.0883. The van der Waals surface area contributed by atoms with E-state index in [1.807, 2.05) is 12.1 Å². The van der Waals surface area contributed by atoms with Gasteiger partial charge in [0.25, 0.3) is 10.0 Å². The Balaban J connectivity index is 1.62. The van der Waals surface area contributed by atoms with Crippen molar-refractivity contribution in [2.45, 2.75) is 23.9 Å². The molecular formula is C25H23ClF3N3O3S. The van der Waals surface area contributed by atoms with Gasteiger partial charge in [-0.2, -0.15) is 13.2 Å². The molecule has 3 aromatic carbocycles. The summed E-state index contributed by atoms with van der Waals surface area (Å²) in [6.07, 6.45) is -2.58. The van der Waals surface area contributed by atoms with Gasteiger partial charge in [-0.15, -0.1) is 0 Å². The summed E-state index contributed by atoms with van der Waals surface area (Å²) < 4.78 is 67.8. The zero-order valence-electron chi connectivity index (χ0n) is 19.0. The Morgan fingerprint density at radius 2 is 1.61 bits per heavy atom. The Morgan fingerprint density at radius 1 is 0.972 bits per heavy atom. The van der Waals surface area contributed by atoms with Crippen molar-refractivity contribution in [3.05, 3.63) is 83.4 Å². The number of anilines is 3. The first-order valence-electron chi connectivity index (χ1n) is 11.1. The summed E-state index contributed by atoms with van der Waals surface area (Å²) in [6, 6.07) is 17.0. The quantitative estimate of drug-likeness (QED) is 0.414. The molecule has 190 valence electrons. The summed E-state index contributed by atoms with van der Waals surface area (Å²) in [5.74, 6) is -0.716. The van der Waals surface area contributed by atoms with E-state index in [0.717, 1.165) is 43.8 Å². The van der Waals surface area contributed by atoms with Gasteiger partial charge in [-0.25, -0.2) is 8.42 Å². The lowest BCUT2D eigenvalue weighted by molar-refractivity contribution is -0.137. The Kier molecular flexibility index (Phi) is 7.46. The molecule has 0 unspecified atom stereocenters. The van der Waals surface area contributed by atoms with Crippen LogP contribution in [-0.4, -0.2) is 34.0 Å². The van der Waals surface area contributed by atoms with E-state index in [0.29, 0.717) is 16.1 Å². The fourth-order valence-corrected chi connectivity index (χ4v) is 5.64. The third-order valence-corrected chi connectivity index (χ3v) is 7.90. The highest BCUT2D eigenvalue weighted by Gasteiger charge is 2.35. The Labute approximate surface area is 212 Å². The monoisotopic (exact) mass is 537 g/mol. The van der Waals surface area contributed by atoms with Gasteiger partial charge in [0.2, 0.25) is 5.91 Å². The second-order valence-corrected chi connectivity index (χ2v) is 10.5. The molecule has 1 saturated heterocycles. The van der Waals surface area contributed by atoms with Crippen molar-refractivity contribution in [1.82, 2.24) is 0 Å². The molecule has 1 aliphatic heterocycles. The maximum atomic E-state index is 13.5. The van der Waals surface area contributed by atoms with E-state index in [1.165, 1.54) is 24.3 Å². The first-order valence-corrected chi connectivity index (χ1v) is 13.0. The average molecular weight is 538 g/mol. The van der Waals surface area contributed by atoms with Gasteiger partial charge >= 0.3 is 6.18 Å². The molecular weight excluding hydrogens is 515 g/mol. The number of hydrogen-bond donors (Lipinski definition) is 1. The van der Waals surface area contributed by atoms with Gasteiger partial charge in [0, 0.05) is 24.5 Å². The van der Waals surface area contributed by atoms with Crippen LogP contribution in [0.1, 0.15) is 18.4 Å². The maximum Gasteiger partial charge on any atom is 0.417 e. The lowest BCUT2D eigenvalue weighted by atomic mass is 10.2. The smallest absolute Gasteiger partial charge is 0.372 e. The Bertz CT molecular complexity index is 1330. The molecule has 6 nitrogen and oxygen atoms in total. The predicted octanol–water partition coefficient (Wildman–Crippen LogP) is 5.79. The summed E-state index contributed by atoms with van der Waals surface area (Å²) >= 11 is 5.72. The summed E-state index contributed by atoms with van der Waals surface area (Å²) in [5, 5.41) is 2.05. The molecule has 36 heavy (non-hydrogen) atoms. The van der Waals surface area contributed by atoms with Gasteiger partial charge < -0.3 is 10.2 Å². The van der Waals surface area contributed by atoms with Gasteiger partial charge in [0.15, 0.2) is 0 Å². The van der Waals surface area contributed by atoms with Gasteiger partial charge in [-0.1, -0.05) is 29.8 Å². The fraction of sp³-hybridized carbons (Fsp3) is 0.240. The second-order valence-electron chi connectivity index (χ2n) is 8.28. The molecule has 0 spiro atoms. The number of amides is 1. The van der Waals surface area contributed by atoms with E-state index in [-0.39, 0.29) is 10.6 Å². The number of sulfonamides is 1. The van der Waals surface area contributed by atoms with Crippen LogP contribution in [0.4, 0.5) is 30.2 Å². The number of hydrogen-bond acceptors (Lipinski definition) is 4. The van der Waals surface area contributed by atoms with Crippen LogP contribution in [-0.2, 0) is 21.0 Å². The maximum absolute atomic E-state index is 13.5. The van der Waals surface area contributed by atoms with Gasteiger partial charge in [0.05, 0.1) is 21.2 Å². The van der Waals surface area contributed by atoms with Crippen molar-refractivity contribution < 1.29 is 26.4 Å². The van der Waals surface area contributed by atoms with Crippen LogP contribution in [0.2, 0.25) is 5.02 Å². The Hall–Kier alpha value is -3.24. The molecule has 1 amide bonds. The number of carbonyl (C=O) groups excluding carboxylic acids is 1. The van der Waals surface area contributed by atoms with Crippen LogP contribution in [0.15, 0.2) is 77.7 Å². The standard InChI is InChI=1S/C25H23ClF3N3O3S/c26-23-13-12-20(16-22(23)25(27,28)29)32(36(34,35)21-6-2-1-3-7-21)17-24(33)30-18-8-10-19(11-9-18)31-14-4-5-15-31/h1-3,6-13,16H,4-5,14-15,17H2,(H,30,33). The largest absolute Gasteiger partial charge is 0.417 e. The van der Waals surface area contributed by atoms with E-state index >= 15 is 0 Å². The number of carbonyl (C=O) groups is 1. The van der Waals surface area contributed by atoms with E-state index in [2.05, 4.69) is 10.2 Å². The van der Waals surface area contributed by atoms with E-state index in [4.69, 9.17) is 11.6 Å². The molecule has 1 aliphatic rings. The van der Waals surface area contributed by atoms with E-state index in [1.54, 1.807) is 18.2 Å². The summed E-state index contributed by atoms with van der Waals surface area (Å²) in [4.78, 5) is 14.9. The van der Waals surface area contributed by atoms with Crippen molar-refractivity contribution in [3.8, 4) is 0 Å². The van der Waals surface area contributed by atoms with Crippen molar-refractivity contribution in [1.29, 1.82) is 0 Å². The fourth-order valence-electron chi connectivity index (χ4n) is 3.98. The zero-order chi connectivity index (χ0) is 25.9. The zero-order valence-corrected chi connectivity index (χ0v) is 20.6. The van der Waals surface area contributed by atoms with Gasteiger partial charge in [-0.3, -0.25) is 9.10 Å². The van der Waals surface area contributed by atoms with E-state index < -0.39 is 39.2 Å². The molecule has 0 aliphatic carbocycles. The van der Waals surface area contributed by atoms with Crippen molar-refractivity contribution >= 4 is 44.6 Å². The number of benzene rings is 3. The molecule has 0 aromatic heterocycles. The van der Waals surface area contributed by atoms with Gasteiger partial charge in [-0.05, 0) is 67.4 Å². The van der Waals surface area contributed by atoms with Crippen molar-refractivity contribution in [2.75, 3.05) is 34.2 Å². The van der Waals surface area contributed by atoms with Crippen LogP contribution >= 0.6 is 11.6 Å². The minimum absolute atomic E-state index is 0.170. The number of halogens is 4. The van der Waals surface area contributed by atoms with Crippen LogP contribution in [0.25, 0.3) is 0 Å². The van der Waals surface area contributed by atoms with E-state index in [9.17, 15) is 26.4 Å². The first-order chi connectivity index (χ1) is 17.1. The predicted molar refractivity (Wildman–Crippen MR) is 134 cm³/mol. The second kappa shape index (κ2) is 10.4. The van der Waals surface area contributed by atoms with Crippen LogP contribution in [0.5, 0.6) is 0 Å². The number of rotatable bonds is 7. The molecule has 1 N–H and O–H groups in total. The van der Waals surface area contributed by atoms with Crippen molar-refractivity contribution in [2.24, 2.45) is 0 Å². The molecule has 3 aromatic rings. The topological polar surface area (TPSA) is 69.7 Å². The normalized spacial score (nSPS) is 14.1. The molecule has 1 heterocycles. The molecule has 0 radical (unpaired) electrons. The third kappa shape index (κ3) is 5.76. The first kappa shape index (κ1) is 25.8. The van der Waals surface area contributed by atoms with Crippen LogP contribution < -0.4 is 14.5 Å². The number of alkyl halides is 3. The highest BCUT2D eigenvalue weighted by molar-refractivity contribution is 7.92. The number of nitrogens with one attached hydrogen (secondary N) is 1. The highest BCUT2D eigenvalue weighted by Crippen LogP contribution is 2.38. The molecule has 4 rings (SSSR count). The molecule has 0 bridgehead atoms. The third-order valence-electron chi connectivity index (χ3n) is 5.78.